The molecular weight excluding hydrogens is 280 g/mol. The minimum atomic E-state index is -0.318. The van der Waals surface area contributed by atoms with Crippen LogP contribution in [0.5, 0.6) is 0 Å². The molecule has 3 rings (SSSR count). The minimum absolute atomic E-state index is 0.318. The van der Waals surface area contributed by atoms with E-state index >= 15 is 0 Å². The number of hydrogen-bond donors (Lipinski definition) is 0. The number of nitrogens with zero attached hydrogens (tertiary/aromatic N) is 2. The van der Waals surface area contributed by atoms with Crippen LogP contribution < -0.4 is 0 Å². The molecule has 1 aromatic heterocycles. The number of carbonyl (C=O) groups is 1. The van der Waals surface area contributed by atoms with E-state index in [2.05, 4.69) is 9.80 Å². The molecular formula is C17H26N2O3. The second-order valence-electron chi connectivity index (χ2n) is 6.45. The van der Waals surface area contributed by atoms with E-state index in [1.165, 1.54) is 45.9 Å². The van der Waals surface area contributed by atoms with Crippen LogP contribution in [0.2, 0.25) is 0 Å². The highest BCUT2D eigenvalue weighted by atomic mass is 16.5. The molecule has 0 amide bonds. The van der Waals surface area contributed by atoms with Gasteiger partial charge in [-0.05, 0) is 58.3 Å². The number of likely N-dealkylation sites (tertiary alicyclic amines) is 2. The van der Waals surface area contributed by atoms with Gasteiger partial charge in [0.2, 0.25) is 0 Å². The maximum absolute atomic E-state index is 11.7. The summed E-state index contributed by atoms with van der Waals surface area (Å²) in [5.74, 6) is 1.19. The fourth-order valence-electron chi connectivity index (χ4n) is 3.73. The third-order valence-corrected chi connectivity index (χ3v) is 4.89. The molecule has 2 saturated heterocycles. The first-order valence-corrected chi connectivity index (χ1v) is 8.31. The van der Waals surface area contributed by atoms with E-state index in [1.54, 1.807) is 0 Å². The Bertz CT molecular complexity index is 520. The molecule has 5 heteroatoms. The predicted molar refractivity (Wildman–Crippen MR) is 83.9 cm³/mol. The molecule has 3 heterocycles. The maximum atomic E-state index is 11.7. The van der Waals surface area contributed by atoms with Gasteiger partial charge in [-0.25, -0.2) is 4.79 Å². The summed E-state index contributed by atoms with van der Waals surface area (Å²) in [6.45, 7) is 7.32. The van der Waals surface area contributed by atoms with E-state index in [0.717, 1.165) is 25.4 Å². The van der Waals surface area contributed by atoms with Gasteiger partial charge in [0, 0.05) is 12.6 Å². The molecule has 5 nitrogen and oxygen atoms in total. The Morgan fingerprint density at radius 3 is 2.82 bits per heavy atom. The number of hydrogen-bond acceptors (Lipinski definition) is 5. The van der Waals surface area contributed by atoms with Crippen molar-refractivity contribution in [3.63, 3.8) is 0 Å². The van der Waals surface area contributed by atoms with E-state index in [9.17, 15) is 4.79 Å². The zero-order valence-electron chi connectivity index (χ0n) is 13.6. The van der Waals surface area contributed by atoms with Gasteiger partial charge in [-0.1, -0.05) is 0 Å². The molecule has 22 heavy (non-hydrogen) atoms. The van der Waals surface area contributed by atoms with Crippen molar-refractivity contribution in [3.05, 3.63) is 23.2 Å². The smallest absolute Gasteiger partial charge is 0.341 e. The summed E-state index contributed by atoms with van der Waals surface area (Å²) < 4.78 is 10.5. The largest absolute Gasteiger partial charge is 0.465 e. The Morgan fingerprint density at radius 1 is 1.32 bits per heavy atom. The van der Waals surface area contributed by atoms with E-state index in [4.69, 9.17) is 9.15 Å². The van der Waals surface area contributed by atoms with Crippen LogP contribution >= 0.6 is 0 Å². The van der Waals surface area contributed by atoms with Crippen LogP contribution in [0, 0.1) is 6.92 Å². The first-order valence-electron chi connectivity index (χ1n) is 8.31. The van der Waals surface area contributed by atoms with E-state index in [1.807, 2.05) is 13.0 Å². The lowest BCUT2D eigenvalue weighted by Crippen LogP contribution is -2.46. The Labute approximate surface area is 132 Å². The summed E-state index contributed by atoms with van der Waals surface area (Å²) in [6.07, 6.45) is 5.23. The van der Waals surface area contributed by atoms with Gasteiger partial charge >= 0.3 is 5.97 Å². The Balaban J connectivity index is 1.61. The average Bonchev–Trinajstić information content (AvgIpc) is 3.17. The Kier molecular flexibility index (Phi) is 4.84. The molecule has 0 aliphatic carbocycles. The zero-order chi connectivity index (χ0) is 15.5. The normalized spacial score (nSPS) is 23.8. The van der Waals surface area contributed by atoms with Crippen LogP contribution in [0.1, 0.15) is 47.6 Å². The molecule has 2 fully saturated rings. The molecule has 0 N–H and O–H groups in total. The number of rotatable bonds is 4. The van der Waals surface area contributed by atoms with Gasteiger partial charge in [0.15, 0.2) is 0 Å². The molecule has 2 aliphatic heterocycles. The number of ether oxygens (including phenoxy) is 1. The third-order valence-electron chi connectivity index (χ3n) is 4.89. The van der Waals surface area contributed by atoms with Crippen LogP contribution in [-0.2, 0) is 11.3 Å². The molecule has 0 radical (unpaired) electrons. The second kappa shape index (κ2) is 6.84. The van der Waals surface area contributed by atoms with Crippen molar-refractivity contribution < 1.29 is 13.9 Å². The topological polar surface area (TPSA) is 45.9 Å². The average molecular weight is 306 g/mol. The summed E-state index contributed by atoms with van der Waals surface area (Å²) in [4.78, 5) is 16.8. The Hall–Kier alpha value is -1.33. The van der Waals surface area contributed by atoms with Crippen molar-refractivity contribution in [1.29, 1.82) is 0 Å². The molecule has 0 bridgehead atoms. The van der Waals surface area contributed by atoms with Crippen molar-refractivity contribution >= 4 is 5.97 Å². The van der Waals surface area contributed by atoms with Crippen LogP contribution in [-0.4, -0.2) is 55.1 Å². The first-order chi connectivity index (χ1) is 10.7. The highest BCUT2D eigenvalue weighted by Gasteiger charge is 2.27. The number of methoxy groups -OCH3 is 1. The lowest BCUT2D eigenvalue weighted by atomic mass is 10.0. The SMILES string of the molecule is COC(=O)c1cc(CN2CCCC(N3CCCC3)C2)oc1C. The zero-order valence-corrected chi connectivity index (χ0v) is 13.6. The van der Waals surface area contributed by atoms with Crippen LogP contribution in [0.15, 0.2) is 10.5 Å². The molecule has 2 aliphatic rings. The number of esters is 1. The molecule has 1 atom stereocenters. The fourth-order valence-corrected chi connectivity index (χ4v) is 3.73. The lowest BCUT2D eigenvalue weighted by Gasteiger charge is -2.37. The molecule has 1 unspecified atom stereocenters. The highest BCUT2D eigenvalue weighted by Crippen LogP contribution is 2.23. The van der Waals surface area contributed by atoms with Gasteiger partial charge in [0.1, 0.15) is 17.1 Å². The number of piperidine rings is 1. The van der Waals surface area contributed by atoms with Crippen molar-refractivity contribution in [2.24, 2.45) is 0 Å². The molecule has 0 spiro atoms. The third kappa shape index (κ3) is 3.36. The van der Waals surface area contributed by atoms with E-state index in [0.29, 0.717) is 17.4 Å². The van der Waals surface area contributed by atoms with Gasteiger partial charge in [-0.3, -0.25) is 9.80 Å². The summed E-state index contributed by atoms with van der Waals surface area (Å²) in [5.41, 5.74) is 0.547. The van der Waals surface area contributed by atoms with E-state index in [-0.39, 0.29) is 5.97 Å². The van der Waals surface area contributed by atoms with Crippen molar-refractivity contribution in [3.8, 4) is 0 Å². The minimum Gasteiger partial charge on any atom is -0.465 e. The monoisotopic (exact) mass is 306 g/mol. The number of carbonyl (C=O) groups excluding carboxylic acids is 1. The van der Waals surface area contributed by atoms with E-state index < -0.39 is 0 Å². The summed E-state index contributed by atoms with van der Waals surface area (Å²) in [7, 11) is 1.40. The highest BCUT2D eigenvalue weighted by molar-refractivity contribution is 5.90. The van der Waals surface area contributed by atoms with Crippen LogP contribution in [0.25, 0.3) is 0 Å². The van der Waals surface area contributed by atoms with Crippen molar-refractivity contribution in [2.75, 3.05) is 33.3 Å². The molecule has 1 aromatic rings. The van der Waals surface area contributed by atoms with Crippen LogP contribution in [0.3, 0.4) is 0 Å². The molecule has 122 valence electrons. The number of furan rings is 1. The maximum Gasteiger partial charge on any atom is 0.341 e. The standard InChI is InChI=1S/C17H26N2O3/c1-13-16(17(20)21-2)10-15(22-13)12-18-7-5-6-14(11-18)19-8-3-4-9-19/h10,14H,3-9,11-12H2,1-2H3. The molecule has 0 saturated carbocycles. The summed E-state index contributed by atoms with van der Waals surface area (Å²) in [5, 5.41) is 0. The van der Waals surface area contributed by atoms with Crippen LogP contribution in [0.4, 0.5) is 0 Å². The quantitative estimate of drug-likeness (QED) is 0.800. The predicted octanol–water partition coefficient (Wildman–Crippen LogP) is 2.43. The second-order valence-corrected chi connectivity index (χ2v) is 6.45. The van der Waals surface area contributed by atoms with Gasteiger partial charge in [0.25, 0.3) is 0 Å². The van der Waals surface area contributed by atoms with Crippen molar-refractivity contribution in [2.45, 2.75) is 45.2 Å². The van der Waals surface area contributed by atoms with Gasteiger partial charge in [-0.15, -0.1) is 0 Å². The number of aryl methyl sites for hydroxylation is 1. The molecule has 0 aromatic carbocycles. The lowest BCUT2D eigenvalue weighted by molar-refractivity contribution is 0.0599. The first kappa shape index (κ1) is 15.6. The fraction of sp³-hybridized carbons (Fsp3) is 0.706. The Morgan fingerprint density at radius 2 is 2.09 bits per heavy atom. The summed E-state index contributed by atoms with van der Waals surface area (Å²) >= 11 is 0. The van der Waals surface area contributed by atoms with Gasteiger partial charge < -0.3 is 9.15 Å². The van der Waals surface area contributed by atoms with Crippen molar-refractivity contribution in [1.82, 2.24) is 9.80 Å². The van der Waals surface area contributed by atoms with Gasteiger partial charge in [0.05, 0.1) is 13.7 Å². The summed E-state index contributed by atoms with van der Waals surface area (Å²) in [6, 6.07) is 2.52. The van der Waals surface area contributed by atoms with Gasteiger partial charge in [-0.2, -0.15) is 0 Å².